The maximum absolute atomic E-state index is 12.8. The highest BCUT2D eigenvalue weighted by Crippen LogP contribution is 2.30. The van der Waals surface area contributed by atoms with Crippen LogP contribution in [-0.2, 0) is 4.74 Å². The topological polar surface area (TPSA) is 58.2 Å². The van der Waals surface area contributed by atoms with Crippen molar-refractivity contribution in [3.63, 3.8) is 0 Å². The van der Waals surface area contributed by atoms with E-state index in [0.29, 0.717) is 12.1 Å². The molecule has 4 rings (SSSR count). The van der Waals surface area contributed by atoms with Gasteiger partial charge in [-0.25, -0.2) is 4.98 Å². The average Bonchev–Trinajstić information content (AvgIpc) is 3.20. The van der Waals surface area contributed by atoms with Gasteiger partial charge >= 0.3 is 0 Å². The van der Waals surface area contributed by atoms with Crippen molar-refractivity contribution >= 4 is 16.9 Å². The third kappa shape index (κ3) is 2.49. The van der Waals surface area contributed by atoms with E-state index >= 15 is 0 Å². The maximum Gasteiger partial charge on any atom is 0.256 e. The van der Waals surface area contributed by atoms with Gasteiger partial charge in [-0.15, -0.1) is 0 Å². The summed E-state index contributed by atoms with van der Waals surface area (Å²) in [6.07, 6.45) is 1.31. The summed E-state index contributed by atoms with van der Waals surface area (Å²) in [6, 6.07) is 15.5. The van der Waals surface area contributed by atoms with Gasteiger partial charge < -0.3 is 14.6 Å². The van der Waals surface area contributed by atoms with Gasteiger partial charge in [0.05, 0.1) is 23.9 Å². The number of carbonyl (C=O) groups excluding carboxylic acids is 1. The number of nitrogens with zero attached hydrogens (tertiary/aromatic N) is 2. The van der Waals surface area contributed by atoms with Crippen LogP contribution in [0.1, 0.15) is 28.9 Å². The number of rotatable bonds is 2. The lowest BCUT2D eigenvalue weighted by molar-refractivity contribution is 0.0138. The second kappa shape index (κ2) is 5.52. The summed E-state index contributed by atoms with van der Waals surface area (Å²) in [6.45, 7) is 2.47. The van der Waals surface area contributed by atoms with Crippen LogP contribution in [0.5, 0.6) is 0 Å². The zero-order valence-electron chi connectivity index (χ0n) is 12.8. The van der Waals surface area contributed by atoms with Crippen LogP contribution in [0, 0.1) is 0 Å². The highest BCUT2D eigenvalue weighted by molar-refractivity contribution is 5.97. The molecule has 2 unspecified atom stereocenters. The van der Waals surface area contributed by atoms with Gasteiger partial charge in [0.25, 0.3) is 5.91 Å². The summed E-state index contributed by atoms with van der Waals surface area (Å²) < 4.78 is 5.96. The Kier molecular flexibility index (Phi) is 3.35. The van der Waals surface area contributed by atoms with Gasteiger partial charge in [0.1, 0.15) is 12.3 Å². The van der Waals surface area contributed by atoms with Crippen LogP contribution in [0.25, 0.3) is 11.0 Å². The minimum atomic E-state index is -0.245. The summed E-state index contributed by atoms with van der Waals surface area (Å²) in [5, 5.41) is 0. The van der Waals surface area contributed by atoms with Crippen molar-refractivity contribution in [2.75, 3.05) is 6.54 Å². The molecule has 1 aromatic heterocycles. The summed E-state index contributed by atoms with van der Waals surface area (Å²) in [7, 11) is 0. The zero-order valence-corrected chi connectivity index (χ0v) is 12.8. The van der Waals surface area contributed by atoms with Crippen LogP contribution < -0.4 is 0 Å². The first kappa shape index (κ1) is 14.0. The Hall–Kier alpha value is -2.66. The summed E-state index contributed by atoms with van der Waals surface area (Å²) in [4.78, 5) is 21.8. The molecular formula is C18H17N3O2. The number of aromatic nitrogens is 2. The normalized spacial score (nSPS) is 21.0. The largest absolute Gasteiger partial charge is 0.349 e. The van der Waals surface area contributed by atoms with E-state index in [1.807, 2.05) is 55.5 Å². The third-order valence-electron chi connectivity index (χ3n) is 4.26. The fraction of sp³-hybridized carbons (Fsp3) is 0.222. The number of imidazole rings is 1. The Morgan fingerprint density at radius 3 is 2.91 bits per heavy atom. The lowest BCUT2D eigenvalue weighted by Crippen LogP contribution is -2.34. The number of ether oxygens (including phenoxy) is 1. The molecular weight excluding hydrogens is 290 g/mol. The number of amides is 1. The monoisotopic (exact) mass is 307 g/mol. The van der Waals surface area contributed by atoms with Crippen molar-refractivity contribution < 1.29 is 9.53 Å². The smallest absolute Gasteiger partial charge is 0.256 e. The third-order valence-corrected chi connectivity index (χ3v) is 4.26. The quantitative estimate of drug-likeness (QED) is 0.791. The summed E-state index contributed by atoms with van der Waals surface area (Å²) in [5.74, 6) is -0.0209. The molecule has 2 atom stereocenters. The first-order chi connectivity index (χ1) is 11.2. The van der Waals surface area contributed by atoms with Crippen molar-refractivity contribution in [3.8, 4) is 0 Å². The van der Waals surface area contributed by atoms with Gasteiger partial charge in [0, 0.05) is 5.56 Å². The van der Waals surface area contributed by atoms with Gasteiger partial charge in [-0.3, -0.25) is 4.79 Å². The molecule has 0 radical (unpaired) electrons. The molecule has 1 saturated heterocycles. The predicted molar refractivity (Wildman–Crippen MR) is 86.9 cm³/mol. The van der Waals surface area contributed by atoms with E-state index in [2.05, 4.69) is 9.97 Å². The van der Waals surface area contributed by atoms with E-state index < -0.39 is 0 Å². The fourth-order valence-electron chi connectivity index (χ4n) is 3.02. The van der Waals surface area contributed by atoms with Crippen LogP contribution >= 0.6 is 0 Å². The second-order valence-electron chi connectivity index (χ2n) is 5.73. The Labute approximate surface area is 133 Å². The Morgan fingerprint density at radius 1 is 1.26 bits per heavy atom. The van der Waals surface area contributed by atoms with Crippen molar-refractivity contribution in [1.82, 2.24) is 14.9 Å². The molecule has 1 amide bonds. The Morgan fingerprint density at radius 2 is 2.09 bits per heavy atom. The van der Waals surface area contributed by atoms with Crippen LogP contribution in [-0.4, -0.2) is 33.5 Å². The molecule has 0 saturated carbocycles. The van der Waals surface area contributed by atoms with Gasteiger partial charge in [0.2, 0.25) is 0 Å². The van der Waals surface area contributed by atoms with E-state index in [-0.39, 0.29) is 18.2 Å². The first-order valence-electron chi connectivity index (χ1n) is 7.67. The predicted octanol–water partition coefficient (Wildman–Crippen LogP) is 3.12. The molecule has 0 aliphatic carbocycles. The molecule has 0 spiro atoms. The van der Waals surface area contributed by atoms with Crippen LogP contribution in [0.2, 0.25) is 0 Å². The molecule has 116 valence electrons. The lowest BCUT2D eigenvalue weighted by atomic mass is 10.1. The first-order valence-corrected chi connectivity index (χ1v) is 7.67. The van der Waals surface area contributed by atoms with E-state index in [9.17, 15) is 4.79 Å². The minimum Gasteiger partial charge on any atom is -0.349 e. The number of aromatic amines is 1. The number of fused-ring (bicyclic) bond motifs is 1. The Balaban J connectivity index is 1.58. The van der Waals surface area contributed by atoms with Gasteiger partial charge in [-0.05, 0) is 30.7 Å². The molecule has 5 nitrogen and oxygen atoms in total. The van der Waals surface area contributed by atoms with E-state index in [1.165, 1.54) is 0 Å². The molecule has 0 bridgehead atoms. The van der Waals surface area contributed by atoms with Crippen LogP contribution in [0.15, 0.2) is 54.9 Å². The van der Waals surface area contributed by atoms with Crippen LogP contribution in [0.3, 0.4) is 0 Å². The number of H-pyrrole nitrogens is 1. The van der Waals surface area contributed by atoms with E-state index in [0.717, 1.165) is 16.6 Å². The van der Waals surface area contributed by atoms with E-state index in [4.69, 9.17) is 4.74 Å². The number of nitrogens with one attached hydrogen (secondary N) is 1. The van der Waals surface area contributed by atoms with Gasteiger partial charge in [-0.2, -0.15) is 0 Å². The minimum absolute atomic E-state index is 0.0209. The van der Waals surface area contributed by atoms with Crippen molar-refractivity contribution in [2.24, 2.45) is 0 Å². The molecule has 1 aliphatic rings. The standard InChI is InChI=1S/C18H17N3O2/c1-12-21(10-17(23-12)13-5-3-2-4-6-13)18(22)14-7-8-15-16(9-14)20-11-19-15/h2-9,11-12,17H,10H2,1H3,(H,19,20). The summed E-state index contributed by atoms with van der Waals surface area (Å²) in [5.41, 5.74) is 3.46. The zero-order chi connectivity index (χ0) is 15.8. The molecule has 1 N–H and O–H groups in total. The molecule has 1 fully saturated rings. The molecule has 23 heavy (non-hydrogen) atoms. The molecule has 2 heterocycles. The number of hydrogen-bond acceptors (Lipinski definition) is 3. The van der Waals surface area contributed by atoms with Gasteiger partial charge in [-0.1, -0.05) is 30.3 Å². The number of benzene rings is 2. The Bertz CT molecular complexity index is 844. The highest BCUT2D eigenvalue weighted by atomic mass is 16.5. The maximum atomic E-state index is 12.8. The average molecular weight is 307 g/mol. The highest BCUT2D eigenvalue weighted by Gasteiger charge is 2.34. The molecule has 5 heteroatoms. The van der Waals surface area contributed by atoms with E-state index in [1.54, 1.807) is 11.2 Å². The molecule has 3 aromatic rings. The summed E-state index contributed by atoms with van der Waals surface area (Å²) >= 11 is 0. The fourth-order valence-corrected chi connectivity index (χ4v) is 3.02. The van der Waals surface area contributed by atoms with Crippen molar-refractivity contribution in [1.29, 1.82) is 0 Å². The van der Waals surface area contributed by atoms with Crippen molar-refractivity contribution in [2.45, 2.75) is 19.3 Å². The number of hydrogen-bond donors (Lipinski definition) is 1. The number of carbonyl (C=O) groups is 1. The SMILES string of the molecule is CC1OC(c2ccccc2)CN1C(=O)c1ccc2nc[nH]c2c1. The molecule has 1 aliphatic heterocycles. The van der Waals surface area contributed by atoms with Gasteiger partial charge in [0.15, 0.2) is 0 Å². The second-order valence-corrected chi connectivity index (χ2v) is 5.73. The lowest BCUT2D eigenvalue weighted by Gasteiger charge is -2.19. The molecule has 2 aromatic carbocycles. The van der Waals surface area contributed by atoms with Crippen LogP contribution in [0.4, 0.5) is 0 Å². The van der Waals surface area contributed by atoms with Crippen molar-refractivity contribution in [3.05, 3.63) is 66.0 Å².